The Labute approximate surface area is 115 Å². The fourth-order valence-corrected chi connectivity index (χ4v) is 2.64. The van der Waals surface area contributed by atoms with Crippen LogP contribution < -0.4 is 5.73 Å². The summed E-state index contributed by atoms with van der Waals surface area (Å²) in [7, 11) is 0. The van der Waals surface area contributed by atoms with Gasteiger partial charge in [-0.1, -0.05) is 24.4 Å². The Morgan fingerprint density at radius 3 is 2.47 bits per heavy atom. The lowest BCUT2D eigenvalue weighted by Gasteiger charge is -2.23. The Kier molecular flexibility index (Phi) is 4.10. The molecule has 0 saturated carbocycles. The van der Waals surface area contributed by atoms with Gasteiger partial charge in [0.2, 0.25) is 0 Å². The van der Waals surface area contributed by atoms with Crippen molar-refractivity contribution in [2.45, 2.75) is 31.6 Å². The van der Waals surface area contributed by atoms with E-state index < -0.39 is 11.7 Å². The summed E-state index contributed by atoms with van der Waals surface area (Å²) in [6, 6.07) is 5.31. The van der Waals surface area contributed by atoms with E-state index in [9.17, 15) is 13.2 Å². The van der Waals surface area contributed by atoms with Gasteiger partial charge < -0.3 is 5.73 Å². The third-order valence-electron chi connectivity index (χ3n) is 3.36. The Morgan fingerprint density at radius 1 is 1.32 bits per heavy atom. The fraction of sp³-hybridized carbons (Fsp3) is 0.462. The standard InChI is InChI=1S/C13H15F3N2S/c14-13(15,16)10-5-3-9(4-6-10)8-18-7-1-2-11(18)12(17)19/h3-6,11H,1-2,7-8H2,(H2,17,19). The molecule has 1 heterocycles. The van der Waals surface area contributed by atoms with Crippen LogP contribution in [0.2, 0.25) is 0 Å². The first-order valence-corrected chi connectivity index (χ1v) is 6.48. The molecule has 104 valence electrons. The van der Waals surface area contributed by atoms with Crippen LogP contribution in [0.5, 0.6) is 0 Å². The van der Waals surface area contributed by atoms with Crippen LogP contribution >= 0.6 is 12.2 Å². The molecular weight excluding hydrogens is 273 g/mol. The Balaban J connectivity index is 2.06. The van der Waals surface area contributed by atoms with E-state index in [1.165, 1.54) is 12.1 Å². The maximum atomic E-state index is 12.4. The lowest BCUT2D eigenvalue weighted by Crippen LogP contribution is -2.38. The minimum Gasteiger partial charge on any atom is -0.392 e. The van der Waals surface area contributed by atoms with Gasteiger partial charge in [0.15, 0.2) is 0 Å². The van der Waals surface area contributed by atoms with E-state index in [-0.39, 0.29) is 6.04 Å². The summed E-state index contributed by atoms with van der Waals surface area (Å²) in [6.45, 7) is 1.46. The highest BCUT2D eigenvalue weighted by Gasteiger charge is 2.30. The summed E-state index contributed by atoms with van der Waals surface area (Å²) in [6.07, 6.45) is -2.34. The first-order chi connectivity index (χ1) is 8.88. The smallest absolute Gasteiger partial charge is 0.392 e. The van der Waals surface area contributed by atoms with Crippen LogP contribution in [0.4, 0.5) is 13.2 Å². The lowest BCUT2D eigenvalue weighted by molar-refractivity contribution is -0.137. The number of benzene rings is 1. The van der Waals surface area contributed by atoms with Gasteiger partial charge >= 0.3 is 6.18 Å². The van der Waals surface area contributed by atoms with Gasteiger partial charge in [0.05, 0.1) is 16.6 Å². The van der Waals surface area contributed by atoms with Gasteiger partial charge in [0, 0.05) is 6.54 Å². The Bertz CT molecular complexity index is 456. The monoisotopic (exact) mass is 288 g/mol. The molecule has 0 amide bonds. The van der Waals surface area contributed by atoms with Gasteiger partial charge in [-0.3, -0.25) is 4.90 Å². The molecule has 2 rings (SSSR count). The highest BCUT2D eigenvalue weighted by Crippen LogP contribution is 2.29. The van der Waals surface area contributed by atoms with Crippen LogP contribution in [0.25, 0.3) is 0 Å². The molecule has 1 aromatic carbocycles. The molecule has 0 radical (unpaired) electrons. The lowest BCUT2D eigenvalue weighted by atomic mass is 10.1. The van der Waals surface area contributed by atoms with Gasteiger partial charge in [0.25, 0.3) is 0 Å². The highest BCUT2D eigenvalue weighted by atomic mass is 32.1. The average molecular weight is 288 g/mol. The number of thiocarbonyl (C=S) groups is 1. The molecule has 19 heavy (non-hydrogen) atoms. The Morgan fingerprint density at radius 2 is 1.95 bits per heavy atom. The molecule has 0 aliphatic carbocycles. The predicted octanol–water partition coefficient (Wildman–Crippen LogP) is 2.96. The topological polar surface area (TPSA) is 29.3 Å². The van der Waals surface area contributed by atoms with Crippen molar-refractivity contribution in [3.8, 4) is 0 Å². The number of alkyl halides is 3. The maximum Gasteiger partial charge on any atom is 0.416 e. The summed E-state index contributed by atoms with van der Waals surface area (Å²) in [5, 5.41) is 0. The first-order valence-electron chi connectivity index (χ1n) is 6.07. The van der Waals surface area contributed by atoms with E-state index in [4.69, 9.17) is 18.0 Å². The van der Waals surface area contributed by atoms with Crippen molar-refractivity contribution in [3.63, 3.8) is 0 Å². The van der Waals surface area contributed by atoms with E-state index in [1.54, 1.807) is 0 Å². The third kappa shape index (κ3) is 3.45. The molecule has 1 fully saturated rings. The molecule has 2 nitrogen and oxygen atoms in total. The number of nitrogens with zero attached hydrogens (tertiary/aromatic N) is 1. The van der Waals surface area contributed by atoms with Crippen LogP contribution in [0.1, 0.15) is 24.0 Å². The minimum absolute atomic E-state index is 0.0669. The summed E-state index contributed by atoms with van der Waals surface area (Å²) < 4.78 is 37.3. The predicted molar refractivity (Wildman–Crippen MR) is 71.7 cm³/mol. The minimum atomic E-state index is -4.28. The molecule has 6 heteroatoms. The normalized spacial score (nSPS) is 20.7. The number of rotatable bonds is 3. The summed E-state index contributed by atoms with van der Waals surface area (Å²) in [5.74, 6) is 0. The molecule has 1 aromatic rings. The van der Waals surface area contributed by atoms with Gasteiger partial charge in [-0.15, -0.1) is 0 Å². The maximum absolute atomic E-state index is 12.4. The largest absolute Gasteiger partial charge is 0.416 e. The van der Waals surface area contributed by atoms with Crippen LogP contribution in [0.3, 0.4) is 0 Å². The zero-order valence-electron chi connectivity index (χ0n) is 10.3. The van der Waals surface area contributed by atoms with E-state index in [0.29, 0.717) is 11.5 Å². The number of hydrogen-bond donors (Lipinski definition) is 1. The van der Waals surface area contributed by atoms with E-state index in [2.05, 4.69) is 4.90 Å². The van der Waals surface area contributed by atoms with E-state index in [0.717, 1.165) is 37.1 Å². The quantitative estimate of drug-likeness (QED) is 0.867. The summed E-state index contributed by atoms with van der Waals surface area (Å²) >= 11 is 5.01. The molecule has 1 aliphatic heterocycles. The van der Waals surface area contributed by atoms with Crippen molar-refractivity contribution >= 4 is 17.2 Å². The second kappa shape index (κ2) is 5.46. The molecule has 2 N–H and O–H groups in total. The Hall–Kier alpha value is -1.14. The molecule has 1 unspecified atom stereocenters. The summed E-state index contributed by atoms with van der Waals surface area (Å²) in [5.41, 5.74) is 5.89. The molecule has 0 bridgehead atoms. The number of likely N-dealkylation sites (tertiary alicyclic amines) is 1. The SMILES string of the molecule is NC(=S)C1CCCN1Cc1ccc(C(F)(F)F)cc1. The van der Waals surface area contributed by atoms with Crippen molar-refractivity contribution in [1.82, 2.24) is 4.90 Å². The van der Waals surface area contributed by atoms with Gasteiger partial charge in [-0.25, -0.2) is 0 Å². The van der Waals surface area contributed by atoms with E-state index >= 15 is 0 Å². The van der Waals surface area contributed by atoms with Crippen molar-refractivity contribution in [3.05, 3.63) is 35.4 Å². The summed E-state index contributed by atoms with van der Waals surface area (Å²) in [4.78, 5) is 2.58. The molecule has 1 aliphatic rings. The van der Waals surface area contributed by atoms with Crippen LogP contribution in [-0.4, -0.2) is 22.5 Å². The van der Waals surface area contributed by atoms with Crippen molar-refractivity contribution in [2.24, 2.45) is 5.73 Å². The van der Waals surface area contributed by atoms with Crippen LogP contribution in [-0.2, 0) is 12.7 Å². The molecule has 0 spiro atoms. The highest BCUT2D eigenvalue weighted by molar-refractivity contribution is 7.80. The fourth-order valence-electron chi connectivity index (χ4n) is 2.37. The van der Waals surface area contributed by atoms with Crippen molar-refractivity contribution < 1.29 is 13.2 Å². The number of nitrogens with two attached hydrogens (primary N) is 1. The zero-order chi connectivity index (χ0) is 14.0. The average Bonchev–Trinajstić information content (AvgIpc) is 2.77. The van der Waals surface area contributed by atoms with E-state index in [1.807, 2.05) is 0 Å². The molecule has 1 atom stereocenters. The van der Waals surface area contributed by atoms with Gasteiger partial charge in [-0.05, 0) is 37.1 Å². The molecular formula is C13H15F3N2S. The van der Waals surface area contributed by atoms with Crippen LogP contribution in [0, 0.1) is 0 Å². The second-order valence-corrected chi connectivity index (χ2v) is 5.20. The molecule has 1 saturated heterocycles. The first kappa shape index (κ1) is 14.3. The van der Waals surface area contributed by atoms with Crippen molar-refractivity contribution in [1.29, 1.82) is 0 Å². The zero-order valence-corrected chi connectivity index (χ0v) is 11.1. The third-order valence-corrected chi connectivity index (χ3v) is 3.63. The van der Waals surface area contributed by atoms with Gasteiger partial charge in [-0.2, -0.15) is 13.2 Å². The van der Waals surface area contributed by atoms with Crippen molar-refractivity contribution in [2.75, 3.05) is 6.54 Å². The second-order valence-electron chi connectivity index (χ2n) is 4.73. The van der Waals surface area contributed by atoms with Gasteiger partial charge in [0.1, 0.15) is 0 Å². The number of halogens is 3. The number of hydrogen-bond acceptors (Lipinski definition) is 2. The molecule has 0 aromatic heterocycles. The van der Waals surface area contributed by atoms with Crippen LogP contribution in [0.15, 0.2) is 24.3 Å².